The van der Waals surface area contributed by atoms with E-state index in [-0.39, 0.29) is 12.5 Å². The molecule has 148 valence electrons. The van der Waals surface area contributed by atoms with Crippen molar-refractivity contribution < 1.29 is 9.53 Å². The lowest BCUT2D eigenvalue weighted by molar-refractivity contribution is -0.121. The molecule has 0 atom stereocenters. The van der Waals surface area contributed by atoms with Crippen LogP contribution in [0.25, 0.3) is 0 Å². The van der Waals surface area contributed by atoms with Crippen molar-refractivity contribution in [1.29, 1.82) is 0 Å². The van der Waals surface area contributed by atoms with Gasteiger partial charge in [-0.2, -0.15) is 0 Å². The molecule has 1 aliphatic heterocycles. The SMILES string of the molecule is CN=C(NCCCN1C(=O)COc2ccccc21)NC1CCC(C)(C)CC1. The number of nitrogens with zero attached hydrogens (tertiary/aromatic N) is 2. The molecular formula is C21H32N4O2. The van der Waals surface area contributed by atoms with Crippen molar-refractivity contribution in [1.82, 2.24) is 10.6 Å². The summed E-state index contributed by atoms with van der Waals surface area (Å²) < 4.78 is 5.49. The molecule has 3 rings (SSSR count). The molecule has 6 heteroatoms. The largest absolute Gasteiger partial charge is 0.482 e. The number of para-hydroxylation sites is 2. The van der Waals surface area contributed by atoms with Crippen LogP contribution in [0, 0.1) is 5.41 Å². The van der Waals surface area contributed by atoms with Gasteiger partial charge < -0.3 is 20.3 Å². The number of nitrogens with one attached hydrogen (secondary N) is 2. The van der Waals surface area contributed by atoms with Gasteiger partial charge in [0.2, 0.25) is 0 Å². The normalized spacial score (nSPS) is 20.0. The maximum Gasteiger partial charge on any atom is 0.265 e. The zero-order valence-electron chi connectivity index (χ0n) is 16.8. The number of amides is 1. The number of carbonyl (C=O) groups is 1. The number of guanidine groups is 1. The lowest BCUT2D eigenvalue weighted by Gasteiger charge is -2.35. The van der Waals surface area contributed by atoms with Crippen LogP contribution in [0.5, 0.6) is 5.75 Å². The van der Waals surface area contributed by atoms with Gasteiger partial charge in [0.15, 0.2) is 12.6 Å². The fourth-order valence-electron chi connectivity index (χ4n) is 3.77. The second kappa shape index (κ2) is 8.63. The molecule has 1 amide bonds. The molecule has 1 aromatic rings. The third kappa shape index (κ3) is 5.15. The smallest absolute Gasteiger partial charge is 0.265 e. The summed E-state index contributed by atoms with van der Waals surface area (Å²) >= 11 is 0. The third-order valence-electron chi connectivity index (χ3n) is 5.56. The highest BCUT2D eigenvalue weighted by Crippen LogP contribution is 2.35. The van der Waals surface area contributed by atoms with Crippen molar-refractivity contribution in [2.45, 2.75) is 52.0 Å². The third-order valence-corrected chi connectivity index (χ3v) is 5.56. The quantitative estimate of drug-likeness (QED) is 0.474. The van der Waals surface area contributed by atoms with E-state index in [0.717, 1.165) is 30.4 Å². The Morgan fingerprint density at radius 3 is 2.78 bits per heavy atom. The van der Waals surface area contributed by atoms with Crippen LogP contribution in [0.3, 0.4) is 0 Å². The molecule has 1 aromatic carbocycles. The Bertz CT molecular complexity index is 677. The molecule has 0 spiro atoms. The molecule has 2 aliphatic rings. The molecule has 1 fully saturated rings. The van der Waals surface area contributed by atoms with E-state index in [9.17, 15) is 4.79 Å². The minimum Gasteiger partial charge on any atom is -0.482 e. The molecular weight excluding hydrogens is 340 g/mol. The first-order chi connectivity index (χ1) is 13.0. The van der Waals surface area contributed by atoms with Crippen LogP contribution in [0.1, 0.15) is 46.0 Å². The maximum absolute atomic E-state index is 12.2. The second-order valence-electron chi connectivity index (χ2n) is 8.24. The highest BCUT2D eigenvalue weighted by Gasteiger charge is 2.27. The standard InChI is InChI=1S/C21H32N4O2/c1-21(2)11-9-16(10-12-21)24-20(22-3)23-13-6-14-25-17-7-4-5-8-18(17)27-15-19(25)26/h4-5,7-8,16H,6,9-15H2,1-3H3,(H2,22,23,24). The summed E-state index contributed by atoms with van der Waals surface area (Å²) in [4.78, 5) is 18.4. The predicted molar refractivity (Wildman–Crippen MR) is 109 cm³/mol. The van der Waals surface area contributed by atoms with Gasteiger partial charge in [-0.3, -0.25) is 9.79 Å². The average Bonchev–Trinajstić information content (AvgIpc) is 2.67. The van der Waals surface area contributed by atoms with Gasteiger partial charge in [0, 0.05) is 26.2 Å². The van der Waals surface area contributed by atoms with Gasteiger partial charge in [-0.1, -0.05) is 26.0 Å². The first-order valence-corrected chi connectivity index (χ1v) is 9.98. The summed E-state index contributed by atoms with van der Waals surface area (Å²) in [5.74, 6) is 1.65. The van der Waals surface area contributed by atoms with Crippen molar-refractivity contribution in [3.8, 4) is 5.75 Å². The Balaban J connectivity index is 1.43. The number of ether oxygens (including phenoxy) is 1. The van der Waals surface area contributed by atoms with E-state index in [1.54, 1.807) is 0 Å². The van der Waals surface area contributed by atoms with Gasteiger partial charge in [-0.15, -0.1) is 0 Å². The molecule has 0 aromatic heterocycles. The minimum atomic E-state index is 0.0148. The number of aliphatic imine (C=N–C) groups is 1. The van der Waals surface area contributed by atoms with Crippen LogP contribution in [0.15, 0.2) is 29.3 Å². The van der Waals surface area contributed by atoms with Crippen LogP contribution in [0.4, 0.5) is 5.69 Å². The first kappa shape index (κ1) is 19.5. The van der Waals surface area contributed by atoms with Gasteiger partial charge in [0.1, 0.15) is 5.75 Å². The molecule has 2 N–H and O–H groups in total. The predicted octanol–water partition coefficient (Wildman–Crippen LogP) is 2.94. The van der Waals surface area contributed by atoms with Crippen molar-refractivity contribution >= 4 is 17.6 Å². The van der Waals surface area contributed by atoms with Gasteiger partial charge in [-0.25, -0.2) is 0 Å². The number of benzene rings is 1. The lowest BCUT2D eigenvalue weighted by atomic mass is 9.75. The second-order valence-corrected chi connectivity index (χ2v) is 8.24. The topological polar surface area (TPSA) is 66.0 Å². The van der Waals surface area contributed by atoms with Crippen molar-refractivity contribution in [2.24, 2.45) is 10.4 Å². The average molecular weight is 373 g/mol. The minimum absolute atomic E-state index is 0.0148. The van der Waals surface area contributed by atoms with Crippen LogP contribution < -0.4 is 20.3 Å². The monoisotopic (exact) mass is 372 g/mol. The summed E-state index contributed by atoms with van der Waals surface area (Å²) in [7, 11) is 1.81. The van der Waals surface area contributed by atoms with Crippen LogP contribution in [-0.2, 0) is 4.79 Å². The van der Waals surface area contributed by atoms with Gasteiger partial charge in [-0.05, 0) is 49.7 Å². The summed E-state index contributed by atoms with van der Waals surface area (Å²) in [6, 6.07) is 8.20. The zero-order valence-corrected chi connectivity index (χ0v) is 16.8. The Labute approximate surface area is 162 Å². The Morgan fingerprint density at radius 1 is 1.30 bits per heavy atom. The highest BCUT2D eigenvalue weighted by atomic mass is 16.5. The van der Waals surface area contributed by atoms with E-state index in [0.29, 0.717) is 18.0 Å². The first-order valence-electron chi connectivity index (χ1n) is 9.98. The van der Waals surface area contributed by atoms with E-state index < -0.39 is 0 Å². The lowest BCUT2D eigenvalue weighted by Crippen LogP contribution is -2.46. The number of carbonyl (C=O) groups excluding carboxylic acids is 1. The molecule has 1 aliphatic carbocycles. The van der Waals surface area contributed by atoms with Crippen LogP contribution >= 0.6 is 0 Å². The molecule has 27 heavy (non-hydrogen) atoms. The zero-order chi connectivity index (χ0) is 19.3. The van der Waals surface area contributed by atoms with Crippen LogP contribution in [0.2, 0.25) is 0 Å². The molecule has 0 unspecified atom stereocenters. The van der Waals surface area contributed by atoms with E-state index in [2.05, 4.69) is 29.5 Å². The number of hydrogen-bond acceptors (Lipinski definition) is 3. The fraction of sp³-hybridized carbons (Fsp3) is 0.619. The van der Waals surface area contributed by atoms with Gasteiger partial charge >= 0.3 is 0 Å². The van der Waals surface area contributed by atoms with E-state index in [1.807, 2.05) is 36.2 Å². The molecule has 1 heterocycles. The van der Waals surface area contributed by atoms with Crippen molar-refractivity contribution in [2.75, 3.05) is 31.6 Å². The van der Waals surface area contributed by atoms with E-state index in [4.69, 9.17) is 4.74 Å². The van der Waals surface area contributed by atoms with Crippen LogP contribution in [-0.4, -0.2) is 44.7 Å². The number of anilines is 1. The number of rotatable bonds is 5. The summed E-state index contributed by atoms with van der Waals surface area (Å²) in [6.45, 7) is 6.25. The number of hydrogen-bond donors (Lipinski definition) is 2. The maximum atomic E-state index is 12.2. The molecule has 6 nitrogen and oxygen atoms in total. The fourth-order valence-corrected chi connectivity index (χ4v) is 3.77. The molecule has 0 saturated heterocycles. The highest BCUT2D eigenvalue weighted by molar-refractivity contribution is 5.97. The summed E-state index contributed by atoms with van der Waals surface area (Å²) in [5, 5.41) is 6.93. The van der Waals surface area contributed by atoms with Crippen molar-refractivity contribution in [3.63, 3.8) is 0 Å². The summed E-state index contributed by atoms with van der Waals surface area (Å²) in [5.41, 5.74) is 1.33. The Hall–Kier alpha value is -2.24. The molecule has 0 bridgehead atoms. The molecule has 0 radical (unpaired) electrons. The molecule has 1 saturated carbocycles. The van der Waals surface area contributed by atoms with E-state index >= 15 is 0 Å². The van der Waals surface area contributed by atoms with Crippen molar-refractivity contribution in [3.05, 3.63) is 24.3 Å². The summed E-state index contributed by atoms with van der Waals surface area (Å²) in [6.07, 6.45) is 5.72. The number of fused-ring (bicyclic) bond motifs is 1. The van der Waals surface area contributed by atoms with Gasteiger partial charge in [0.05, 0.1) is 5.69 Å². The Kier molecular flexibility index (Phi) is 6.24. The van der Waals surface area contributed by atoms with E-state index in [1.165, 1.54) is 25.7 Å². The van der Waals surface area contributed by atoms with Gasteiger partial charge in [0.25, 0.3) is 5.91 Å². The Morgan fingerprint density at radius 2 is 2.04 bits per heavy atom.